The molecule has 0 aromatic heterocycles. The molecule has 5 nitrogen and oxygen atoms in total. The van der Waals surface area contributed by atoms with Crippen molar-refractivity contribution < 1.29 is 14.3 Å². The number of carbonyl (C=O) groups is 2. The second-order valence-corrected chi connectivity index (χ2v) is 7.40. The summed E-state index contributed by atoms with van der Waals surface area (Å²) < 4.78 is 6.26. The highest BCUT2D eigenvalue weighted by Gasteiger charge is 2.19. The third-order valence-electron chi connectivity index (χ3n) is 3.82. The van der Waals surface area contributed by atoms with E-state index >= 15 is 0 Å². The topological polar surface area (TPSA) is 67.4 Å². The van der Waals surface area contributed by atoms with Crippen LogP contribution in [-0.2, 0) is 9.59 Å². The fourth-order valence-corrected chi connectivity index (χ4v) is 3.55. The normalized spacial score (nSPS) is 11.6. The molecule has 0 radical (unpaired) electrons. The average Bonchev–Trinajstić information content (AvgIpc) is 2.57. The van der Waals surface area contributed by atoms with Crippen molar-refractivity contribution in [1.29, 1.82) is 0 Å². The third-order valence-corrected chi connectivity index (χ3v) is 4.63. The third kappa shape index (κ3) is 6.26. The number of nitrogens with one attached hydrogen (secondary N) is 2. The second-order valence-electron chi connectivity index (χ2n) is 6.11. The first kappa shape index (κ1) is 21.3. The Bertz CT molecular complexity index is 825. The van der Waals surface area contributed by atoms with Gasteiger partial charge in [0, 0.05) is 11.9 Å². The van der Waals surface area contributed by atoms with E-state index in [2.05, 4.69) is 26.6 Å². The first-order chi connectivity index (χ1) is 12.8. The Morgan fingerprint density at radius 3 is 2.48 bits per heavy atom. The summed E-state index contributed by atoms with van der Waals surface area (Å²) in [5.41, 5.74) is 2.45. The van der Waals surface area contributed by atoms with E-state index < -0.39 is 6.04 Å². The van der Waals surface area contributed by atoms with Crippen molar-refractivity contribution in [2.45, 2.75) is 33.2 Å². The van der Waals surface area contributed by atoms with Crippen LogP contribution in [0.4, 0.5) is 5.69 Å². The predicted molar refractivity (Wildman–Crippen MR) is 111 cm³/mol. The average molecular weight is 454 g/mol. The fraction of sp³-hybridized carbons (Fsp3) is 0.300. The van der Waals surface area contributed by atoms with Crippen molar-refractivity contribution in [1.82, 2.24) is 5.32 Å². The first-order valence-electron chi connectivity index (χ1n) is 8.55. The summed E-state index contributed by atoms with van der Waals surface area (Å²) in [6.07, 6.45) is 0.0817. The number of benzene rings is 2. The minimum atomic E-state index is -0.429. The number of hydrogen-bond acceptors (Lipinski definition) is 3. The van der Waals surface area contributed by atoms with Crippen LogP contribution < -0.4 is 15.4 Å². The number of rotatable bonds is 7. The van der Waals surface area contributed by atoms with Crippen molar-refractivity contribution in [2.24, 2.45) is 0 Å². The van der Waals surface area contributed by atoms with Gasteiger partial charge < -0.3 is 15.4 Å². The molecule has 1 atom stereocenters. The van der Waals surface area contributed by atoms with E-state index in [1.165, 1.54) is 6.92 Å². The van der Waals surface area contributed by atoms with Gasteiger partial charge in [0.2, 0.25) is 11.8 Å². The van der Waals surface area contributed by atoms with Gasteiger partial charge in [-0.05, 0) is 47.5 Å². The summed E-state index contributed by atoms with van der Waals surface area (Å²) in [6, 6.07) is 10.6. The zero-order chi connectivity index (χ0) is 20.0. The maximum atomic E-state index is 12.6. The van der Waals surface area contributed by atoms with Gasteiger partial charge in [-0.15, -0.1) is 0 Å². The van der Waals surface area contributed by atoms with Gasteiger partial charge in [-0.2, -0.15) is 0 Å². The van der Waals surface area contributed by atoms with Crippen LogP contribution in [0, 0.1) is 6.92 Å². The molecule has 0 saturated carbocycles. The van der Waals surface area contributed by atoms with Crippen LogP contribution in [-0.4, -0.2) is 18.4 Å². The van der Waals surface area contributed by atoms with Crippen LogP contribution in [0.3, 0.4) is 0 Å². The maximum Gasteiger partial charge on any atom is 0.226 e. The molecule has 0 spiro atoms. The molecule has 27 heavy (non-hydrogen) atoms. The number of halogens is 2. The Hall–Kier alpha value is -2.05. The molecule has 0 aliphatic carbocycles. The van der Waals surface area contributed by atoms with Gasteiger partial charge in [0.25, 0.3) is 0 Å². The lowest BCUT2D eigenvalue weighted by atomic mass is 10.0. The Kier molecular flexibility index (Phi) is 7.68. The Labute approximate surface area is 172 Å². The Balaban J connectivity index is 2.21. The summed E-state index contributed by atoms with van der Waals surface area (Å²) in [6.45, 7) is 5.72. The number of carbonyl (C=O) groups excluding carboxylic acids is 2. The van der Waals surface area contributed by atoms with Crippen molar-refractivity contribution in [3.63, 3.8) is 0 Å². The lowest BCUT2D eigenvalue weighted by Gasteiger charge is -2.19. The summed E-state index contributed by atoms with van der Waals surface area (Å²) in [7, 11) is 0. The van der Waals surface area contributed by atoms with Crippen molar-refractivity contribution in [3.05, 3.63) is 57.0 Å². The highest BCUT2D eigenvalue weighted by Crippen LogP contribution is 2.37. The van der Waals surface area contributed by atoms with Crippen molar-refractivity contribution in [2.75, 3.05) is 11.9 Å². The monoisotopic (exact) mass is 452 g/mol. The van der Waals surface area contributed by atoms with Gasteiger partial charge >= 0.3 is 0 Å². The van der Waals surface area contributed by atoms with Crippen LogP contribution in [0.15, 0.2) is 40.9 Å². The molecule has 0 fully saturated rings. The summed E-state index contributed by atoms with van der Waals surface area (Å²) in [5, 5.41) is 6.13. The second kappa shape index (κ2) is 9.76. The molecule has 0 saturated heterocycles. The zero-order valence-electron chi connectivity index (χ0n) is 15.4. The van der Waals surface area contributed by atoms with Gasteiger partial charge in [-0.25, -0.2) is 0 Å². The van der Waals surface area contributed by atoms with Crippen LogP contribution in [0.5, 0.6) is 5.75 Å². The van der Waals surface area contributed by atoms with E-state index in [4.69, 9.17) is 16.3 Å². The number of amides is 2. The van der Waals surface area contributed by atoms with Crippen LogP contribution in [0.1, 0.15) is 37.4 Å². The van der Waals surface area contributed by atoms with Crippen molar-refractivity contribution >= 4 is 45.0 Å². The van der Waals surface area contributed by atoms with E-state index in [9.17, 15) is 9.59 Å². The molecule has 0 heterocycles. The fourth-order valence-electron chi connectivity index (χ4n) is 2.63. The molecular formula is C20H22BrClN2O3. The van der Waals surface area contributed by atoms with Gasteiger partial charge in [0.1, 0.15) is 0 Å². The lowest BCUT2D eigenvalue weighted by Crippen LogP contribution is -2.29. The zero-order valence-corrected chi connectivity index (χ0v) is 17.8. The van der Waals surface area contributed by atoms with E-state index in [1.54, 1.807) is 12.1 Å². The smallest absolute Gasteiger partial charge is 0.226 e. The van der Waals surface area contributed by atoms with E-state index in [0.717, 1.165) is 11.1 Å². The SMILES string of the molecule is CCOc1c(Br)cc(Cl)cc1NC(=O)CC(NC(C)=O)c1ccc(C)cc1. The molecule has 2 aromatic carbocycles. The molecule has 0 aliphatic rings. The van der Waals surface area contributed by atoms with Gasteiger partial charge in [-0.3, -0.25) is 9.59 Å². The summed E-state index contributed by atoms with van der Waals surface area (Å²) >= 11 is 9.50. The number of ether oxygens (including phenoxy) is 1. The van der Waals surface area contributed by atoms with Crippen LogP contribution >= 0.6 is 27.5 Å². The largest absolute Gasteiger partial charge is 0.491 e. The summed E-state index contributed by atoms with van der Waals surface area (Å²) in [5.74, 6) is 0.0555. The van der Waals surface area contributed by atoms with E-state index in [0.29, 0.717) is 27.5 Å². The van der Waals surface area contributed by atoms with Crippen molar-refractivity contribution in [3.8, 4) is 5.75 Å². The van der Waals surface area contributed by atoms with Gasteiger partial charge in [0.15, 0.2) is 5.75 Å². The highest BCUT2D eigenvalue weighted by molar-refractivity contribution is 9.10. The van der Waals surface area contributed by atoms with E-state index in [-0.39, 0.29) is 18.2 Å². The van der Waals surface area contributed by atoms with Gasteiger partial charge in [-0.1, -0.05) is 41.4 Å². The van der Waals surface area contributed by atoms with Crippen LogP contribution in [0.25, 0.3) is 0 Å². The maximum absolute atomic E-state index is 12.6. The number of hydrogen-bond donors (Lipinski definition) is 2. The molecule has 0 bridgehead atoms. The lowest BCUT2D eigenvalue weighted by molar-refractivity contribution is -0.120. The Morgan fingerprint density at radius 2 is 1.89 bits per heavy atom. The van der Waals surface area contributed by atoms with Crippen LogP contribution in [0.2, 0.25) is 5.02 Å². The van der Waals surface area contributed by atoms with E-state index in [1.807, 2.05) is 38.1 Å². The molecule has 2 N–H and O–H groups in total. The predicted octanol–water partition coefficient (Wildman–Crippen LogP) is 5.02. The molecule has 2 rings (SSSR count). The molecule has 1 unspecified atom stereocenters. The minimum Gasteiger partial charge on any atom is -0.491 e. The standard InChI is InChI=1S/C20H22BrClN2O3/c1-4-27-20-16(21)9-15(22)10-18(20)24-19(26)11-17(23-13(3)25)14-7-5-12(2)6-8-14/h5-10,17H,4,11H2,1-3H3,(H,23,25)(H,24,26). The Morgan fingerprint density at radius 1 is 1.22 bits per heavy atom. The molecule has 7 heteroatoms. The first-order valence-corrected chi connectivity index (χ1v) is 9.72. The highest BCUT2D eigenvalue weighted by atomic mass is 79.9. The van der Waals surface area contributed by atoms with Gasteiger partial charge in [0.05, 0.1) is 29.2 Å². The number of aryl methyl sites for hydroxylation is 1. The quantitative estimate of drug-likeness (QED) is 0.619. The molecule has 2 aromatic rings. The summed E-state index contributed by atoms with van der Waals surface area (Å²) in [4.78, 5) is 24.2. The number of anilines is 1. The molecule has 2 amide bonds. The minimum absolute atomic E-state index is 0.0817. The molecule has 144 valence electrons. The molecular weight excluding hydrogens is 432 g/mol. The molecule has 0 aliphatic heterocycles.